The summed E-state index contributed by atoms with van der Waals surface area (Å²) in [6.07, 6.45) is 0.705. The number of hydrogen-bond acceptors (Lipinski definition) is 5. The van der Waals surface area contributed by atoms with Crippen molar-refractivity contribution < 1.29 is 14.3 Å². The Morgan fingerprint density at radius 2 is 1.36 bits per heavy atom. The van der Waals surface area contributed by atoms with Gasteiger partial charge in [-0.1, -0.05) is 35.9 Å². The van der Waals surface area contributed by atoms with Crippen molar-refractivity contribution in [2.24, 2.45) is 0 Å². The van der Waals surface area contributed by atoms with Crippen LogP contribution in [0.4, 0.5) is 5.82 Å². The van der Waals surface area contributed by atoms with Gasteiger partial charge >= 0.3 is 0 Å². The van der Waals surface area contributed by atoms with Gasteiger partial charge in [-0.3, -0.25) is 4.79 Å². The normalized spacial score (nSPS) is 10.4. The van der Waals surface area contributed by atoms with Crippen molar-refractivity contribution in [2.45, 2.75) is 13.1 Å². The van der Waals surface area contributed by atoms with Crippen molar-refractivity contribution in [3.63, 3.8) is 0 Å². The molecule has 0 amide bonds. The number of aromatic nitrogens is 1. The lowest BCUT2D eigenvalue weighted by Crippen LogP contribution is -2.23. The van der Waals surface area contributed by atoms with Gasteiger partial charge in [0, 0.05) is 13.1 Å². The summed E-state index contributed by atoms with van der Waals surface area (Å²) in [5, 5.41) is 0.196. The van der Waals surface area contributed by atoms with E-state index in [2.05, 4.69) is 9.88 Å². The van der Waals surface area contributed by atoms with Crippen LogP contribution in [-0.2, 0) is 13.1 Å². The minimum Gasteiger partial charge on any atom is -0.497 e. The maximum absolute atomic E-state index is 11.0. The van der Waals surface area contributed by atoms with Gasteiger partial charge in [0.15, 0.2) is 6.29 Å². The number of rotatable bonds is 8. The van der Waals surface area contributed by atoms with Crippen molar-refractivity contribution in [3.8, 4) is 11.5 Å². The number of anilines is 1. The molecule has 0 aliphatic rings. The molecule has 0 spiro atoms. The standard InChI is InChI=1S/C22H21ClN2O3/c1-27-19-8-3-16(4-9-19)13-25(14-17-5-10-20(28-2)11-6-17)21-12-7-18(15-26)22(23)24-21/h3-12,15H,13-14H2,1-2H3. The first-order valence-electron chi connectivity index (χ1n) is 8.75. The van der Waals surface area contributed by atoms with Gasteiger partial charge in [0.2, 0.25) is 0 Å². The number of carbonyl (C=O) groups is 1. The minimum absolute atomic E-state index is 0.196. The van der Waals surface area contributed by atoms with E-state index in [1.807, 2.05) is 54.6 Å². The quantitative estimate of drug-likeness (QED) is 0.405. The SMILES string of the molecule is COc1ccc(CN(Cc2ccc(OC)cc2)c2ccc(C=O)c(Cl)n2)cc1. The highest BCUT2D eigenvalue weighted by molar-refractivity contribution is 6.31. The number of nitrogens with zero attached hydrogens (tertiary/aromatic N) is 2. The molecule has 0 aliphatic carbocycles. The summed E-state index contributed by atoms with van der Waals surface area (Å²) in [6, 6.07) is 19.3. The lowest BCUT2D eigenvalue weighted by Gasteiger charge is -2.24. The number of ether oxygens (including phenoxy) is 2. The third kappa shape index (κ3) is 4.81. The van der Waals surface area contributed by atoms with Crippen LogP contribution in [0.5, 0.6) is 11.5 Å². The number of halogens is 1. The first-order valence-corrected chi connectivity index (χ1v) is 9.13. The molecule has 3 rings (SSSR count). The Balaban J connectivity index is 1.89. The first-order chi connectivity index (χ1) is 13.6. The fourth-order valence-electron chi connectivity index (χ4n) is 2.82. The third-order valence-corrected chi connectivity index (χ3v) is 4.68. The molecule has 3 aromatic rings. The number of methoxy groups -OCH3 is 2. The number of carbonyl (C=O) groups excluding carboxylic acids is 1. The highest BCUT2D eigenvalue weighted by Crippen LogP contribution is 2.23. The van der Waals surface area contributed by atoms with Gasteiger partial charge in [-0.2, -0.15) is 0 Å². The second-order valence-corrected chi connectivity index (χ2v) is 6.58. The van der Waals surface area contributed by atoms with Gasteiger partial charge in [-0.15, -0.1) is 0 Å². The van der Waals surface area contributed by atoms with Crippen LogP contribution in [-0.4, -0.2) is 25.5 Å². The van der Waals surface area contributed by atoms with Crippen molar-refractivity contribution in [2.75, 3.05) is 19.1 Å². The van der Waals surface area contributed by atoms with Gasteiger partial charge in [-0.25, -0.2) is 4.98 Å². The zero-order chi connectivity index (χ0) is 19.9. The summed E-state index contributed by atoms with van der Waals surface area (Å²) in [5.74, 6) is 2.31. The van der Waals surface area contributed by atoms with Crippen LogP contribution in [0.2, 0.25) is 5.15 Å². The highest BCUT2D eigenvalue weighted by Gasteiger charge is 2.13. The number of benzene rings is 2. The van der Waals surface area contributed by atoms with Crippen LogP contribution < -0.4 is 14.4 Å². The Bertz CT molecular complexity index is 878. The van der Waals surface area contributed by atoms with Crippen LogP contribution in [0.1, 0.15) is 21.5 Å². The lowest BCUT2D eigenvalue weighted by atomic mass is 10.1. The summed E-state index contributed by atoms with van der Waals surface area (Å²) >= 11 is 6.16. The van der Waals surface area contributed by atoms with Gasteiger partial charge in [0.05, 0.1) is 19.8 Å². The van der Waals surface area contributed by atoms with Gasteiger partial charge < -0.3 is 14.4 Å². The number of pyridine rings is 1. The molecule has 0 N–H and O–H groups in total. The number of hydrogen-bond donors (Lipinski definition) is 0. The molecule has 6 heteroatoms. The fourth-order valence-corrected chi connectivity index (χ4v) is 3.01. The van der Waals surface area contributed by atoms with Gasteiger partial charge in [-0.05, 0) is 47.5 Å². The monoisotopic (exact) mass is 396 g/mol. The lowest BCUT2D eigenvalue weighted by molar-refractivity contribution is 0.112. The van der Waals surface area contributed by atoms with E-state index in [9.17, 15) is 4.79 Å². The van der Waals surface area contributed by atoms with Crippen molar-refractivity contribution in [3.05, 3.63) is 82.5 Å². The molecule has 0 unspecified atom stereocenters. The molecule has 0 atom stereocenters. The van der Waals surface area contributed by atoms with Gasteiger partial charge in [0.1, 0.15) is 22.5 Å². The molecule has 0 radical (unpaired) electrons. The second kappa shape index (κ2) is 9.24. The molecule has 1 heterocycles. The molecule has 144 valence electrons. The van der Waals surface area contributed by atoms with Crippen LogP contribution in [0.25, 0.3) is 0 Å². The van der Waals surface area contributed by atoms with E-state index in [-0.39, 0.29) is 5.15 Å². The van der Waals surface area contributed by atoms with Crippen LogP contribution in [0, 0.1) is 0 Å². The van der Waals surface area contributed by atoms with Crippen LogP contribution in [0.15, 0.2) is 60.7 Å². The average Bonchev–Trinajstić information content (AvgIpc) is 2.74. The minimum atomic E-state index is 0.196. The summed E-state index contributed by atoms with van der Waals surface area (Å²) < 4.78 is 10.5. The smallest absolute Gasteiger partial charge is 0.153 e. The average molecular weight is 397 g/mol. The van der Waals surface area contributed by atoms with E-state index < -0.39 is 0 Å². The third-order valence-electron chi connectivity index (χ3n) is 4.38. The molecule has 28 heavy (non-hydrogen) atoms. The molecular formula is C22H21ClN2O3. The molecule has 1 aromatic heterocycles. The van der Waals surface area contributed by atoms with Crippen LogP contribution >= 0.6 is 11.6 Å². The van der Waals surface area contributed by atoms with Crippen molar-refractivity contribution in [1.29, 1.82) is 0 Å². The molecule has 0 bridgehead atoms. The Morgan fingerprint density at radius 1 is 0.857 bits per heavy atom. The molecule has 0 fully saturated rings. The Labute approximate surface area is 169 Å². The molecular weight excluding hydrogens is 376 g/mol. The maximum Gasteiger partial charge on any atom is 0.153 e. The van der Waals surface area contributed by atoms with E-state index >= 15 is 0 Å². The topological polar surface area (TPSA) is 51.7 Å². The van der Waals surface area contributed by atoms with E-state index in [0.717, 1.165) is 22.6 Å². The van der Waals surface area contributed by atoms with Crippen molar-refractivity contribution >= 4 is 23.7 Å². The largest absolute Gasteiger partial charge is 0.497 e. The molecule has 0 aliphatic heterocycles. The van der Waals surface area contributed by atoms with E-state index in [1.54, 1.807) is 20.3 Å². The summed E-state index contributed by atoms with van der Waals surface area (Å²) in [5.41, 5.74) is 2.58. The Kier molecular flexibility index (Phi) is 6.50. The maximum atomic E-state index is 11.0. The predicted molar refractivity (Wildman–Crippen MR) is 111 cm³/mol. The zero-order valence-electron chi connectivity index (χ0n) is 15.8. The fraction of sp³-hybridized carbons (Fsp3) is 0.182. The first kappa shape index (κ1) is 19.7. The van der Waals surface area contributed by atoms with Crippen molar-refractivity contribution in [1.82, 2.24) is 4.98 Å². The van der Waals surface area contributed by atoms with E-state index in [1.165, 1.54) is 0 Å². The van der Waals surface area contributed by atoms with E-state index in [0.29, 0.717) is 30.8 Å². The highest BCUT2D eigenvalue weighted by atomic mass is 35.5. The molecule has 0 saturated heterocycles. The van der Waals surface area contributed by atoms with E-state index in [4.69, 9.17) is 21.1 Å². The second-order valence-electron chi connectivity index (χ2n) is 6.22. The molecule has 2 aromatic carbocycles. The predicted octanol–water partition coefficient (Wildman–Crippen LogP) is 4.77. The van der Waals surface area contributed by atoms with Gasteiger partial charge in [0.25, 0.3) is 0 Å². The molecule has 0 saturated carbocycles. The van der Waals surface area contributed by atoms with Crippen LogP contribution in [0.3, 0.4) is 0 Å². The summed E-state index contributed by atoms with van der Waals surface area (Å²) in [4.78, 5) is 17.6. The summed E-state index contributed by atoms with van der Waals surface area (Å²) in [7, 11) is 3.29. The zero-order valence-corrected chi connectivity index (χ0v) is 16.5. The summed E-state index contributed by atoms with van der Waals surface area (Å²) in [6.45, 7) is 1.25. The molecule has 5 nitrogen and oxygen atoms in total. The Morgan fingerprint density at radius 3 is 1.75 bits per heavy atom. The Hall–Kier alpha value is -3.05. The number of aldehydes is 1.